The molecule has 0 saturated carbocycles. The molecule has 2 aromatic heterocycles. The molecule has 0 spiro atoms. The zero-order valence-electron chi connectivity index (χ0n) is 14.0. The Labute approximate surface area is 145 Å². The number of nitrogens with zero attached hydrogens (tertiary/aromatic N) is 4. The van der Waals surface area contributed by atoms with Gasteiger partial charge in [-0.15, -0.1) is 0 Å². The van der Waals surface area contributed by atoms with Crippen LogP contribution in [-0.4, -0.2) is 53.0 Å². The van der Waals surface area contributed by atoms with Gasteiger partial charge in [0.15, 0.2) is 5.82 Å². The smallest absolute Gasteiger partial charge is 0.162 e. The Morgan fingerprint density at radius 1 is 1.12 bits per heavy atom. The summed E-state index contributed by atoms with van der Waals surface area (Å²) in [6.45, 7) is 5.04. The molecule has 1 fully saturated rings. The maximum atomic E-state index is 5.52. The molecule has 2 aliphatic rings. The summed E-state index contributed by atoms with van der Waals surface area (Å²) in [6.07, 6.45) is 2.82. The van der Waals surface area contributed by atoms with Crippen LogP contribution in [0.25, 0.3) is 22.3 Å². The summed E-state index contributed by atoms with van der Waals surface area (Å²) < 4.78 is 5.52. The van der Waals surface area contributed by atoms with Crippen LogP contribution in [0.2, 0.25) is 0 Å². The van der Waals surface area contributed by atoms with Gasteiger partial charge >= 0.3 is 0 Å². The van der Waals surface area contributed by atoms with Crippen molar-refractivity contribution < 1.29 is 4.74 Å². The third-order valence-electron chi connectivity index (χ3n) is 4.95. The van der Waals surface area contributed by atoms with Crippen LogP contribution >= 0.6 is 0 Å². The summed E-state index contributed by atoms with van der Waals surface area (Å²) in [7, 11) is 0. The predicted octanol–water partition coefficient (Wildman–Crippen LogP) is 1.50. The number of nitrogens with one attached hydrogen (secondary N) is 2. The van der Waals surface area contributed by atoms with E-state index in [4.69, 9.17) is 14.7 Å². The van der Waals surface area contributed by atoms with E-state index in [0.717, 1.165) is 79.6 Å². The normalized spacial score (nSPS) is 17.7. The lowest BCUT2D eigenvalue weighted by Crippen LogP contribution is -2.39. The molecule has 2 N–H and O–H groups in total. The molecule has 0 atom stereocenters. The van der Waals surface area contributed by atoms with Gasteiger partial charge in [-0.3, -0.25) is 5.10 Å². The van der Waals surface area contributed by atoms with Crippen molar-refractivity contribution in [1.82, 2.24) is 25.5 Å². The minimum atomic E-state index is 0.754. The minimum Gasteiger partial charge on any atom is -0.378 e. The van der Waals surface area contributed by atoms with E-state index < -0.39 is 0 Å². The van der Waals surface area contributed by atoms with Crippen molar-refractivity contribution in [1.29, 1.82) is 0 Å². The Morgan fingerprint density at radius 2 is 2.04 bits per heavy atom. The molecule has 5 rings (SSSR count). The second kappa shape index (κ2) is 6.09. The quantitative estimate of drug-likeness (QED) is 0.738. The number of H-pyrrole nitrogens is 1. The Morgan fingerprint density at radius 3 is 2.96 bits per heavy atom. The number of hydrogen-bond acceptors (Lipinski definition) is 6. The number of hydrogen-bond donors (Lipinski definition) is 2. The van der Waals surface area contributed by atoms with Gasteiger partial charge in [0.2, 0.25) is 0 Å². The molecule has 0 unspecified atom stereocenters. The van der Waals surface area contributed by atoms with E-state index in [-0.39, 0.29) is 0 Å². The van der Waals surface area contributed by atoms with Crippen LogP contribution in [0.3, 0.4) is 0 Å². The number of morpholine rings is 1. The van der Waals surface area contributed by atoms with Crippen LogP contribution in [0, 0.1) is 0 Å². The number of ether oxygens (including phenoxy) is 1. The molecule has 4 heterocycles. The van der Waals surface area contributed by atoms with Crippen LogP contribution in [0.1, 0.15) is 11.3 Å². The number of aromatic nitrogens is 4. The van der Waals surface area contributed by atoms with Crippen molar-refractivity contribution in [2.24, 2.45) is 0 Å². The van der Waals surface area contributed by atoms with Gasteiger partial charge in [0.25, 0.3) is 0 Å². The lowest BCUT2D eigenvalue weighted by Gasteiger charge is -2.31. The van der Waals surface area contributed by atoms with Crippen molar-refractivity contribution in [2.75, 3.05) is 37.7 Å². The van der Waals surface area contributed by atoms with E-state index in [9.17, 15) is 0 Å². The summed E-state index contributed by atoms with van der Waals surface area (Å²) in [6, 6.07) is 6.11. The van der Waals surface area contributed by atoms with Crippen LogP contribution < -0.4 is 10.2 Å². The van der Waals surface area contributed by atoms with E-state index in [0.29, 0.717) is 0 Å². The average molecular weight is 336 g/mol. The second-order valence-corrected chi connectivity index (χ2v) is 6.46. The Hall–Kier alpha value is -2.51. The van der Waals surface area contributed by atoms with Gasteiger partial charge in [-0.05, 0) is 19.0 Å². The van der Waals surface area contributed by atoms with Crippen molar-refractivity contribution in [3.8, 4) is 11.4 Å². The first kappa shape index (κ1) is 14.8. The highest BCUT2D eigenvalue weighted by Gasteiger charge is 2.23. The molecule has 3 aromatic rings. The van der Waals surface area contributed by atoms with Crippen molar-refractivity contribution in [2.45, 2.75) is 13.0 Å². The fourth-order valence-corrected chi connectivity index (χ4v) is 3.66. The van der Waals surface area contributed by atoms with Gasteiger partial charge in [-0.2, -0.15) is 5.10 Å². The fraction of sp³-hybridized carbons (Fsp3) is 0.389. The van der Waals surface area contributed by atoms with Gasteiger partial charge in [-0.1, -0.05) is 12.1 Å². The van der Waals surface area contributed by atoms with Crippen molar-refractivity contribution in [3.63, 3.8) is 0 Å². The van der Waals surface area contributed by atoms with Gasteiger partial charge < -0.3 is 15.0 Å². The van der Waals surface area contributed by atoms with Crippen LogP contribution in [0.4, 0.5) is 5.82 Å². The van der Waals surface area contributed by atoms with E-state index >= 15 is 0 Å². The van der Waals surface area contributed by atoms with E-state index in [2.05, 4.69) is 26.5 Å². The number of aromatic amines is 1. The maximum Gasteiger partial charge on any atom is 0.162 e. The first-order valence-corrected chi connectivity index (χ1v) is 8.76. The number of benzene rings is 1. The minimum absolute atomic E-state index is 0.754. The molecular weight excluding hydrogens is 316 g/mol. The molecule has 128 valence electrons. The largest absolute Gasteiger partial charge is 0.378 e. The molecule has 0 amide bonds. The lowest BCUT2D eigenvalue weighted by molar-refractivity contribution is 0.122. The molecule has 1 aromatic carbocycles. The lowest BCUT2D eigenvalue weighted by atomic mass is 10.0. The van der Waals surface area contributed by atoms with Gasteiger partial charge in [0.05, 0.1) is 30.6 Å². The molecule has 0 bridgehead atoms. The first-order valence-electron chi connectivity index (χ1n) is 8.76. The van der Waals surface area contributed by atoms with Gasteiger partial charge in [-0.25, -0.2) is 9.97 Å². The third kappa shape index (κ3) is 2.56. The summed E-state index contributed by atoms with van der Waals surface area (Å²) in [4.78, 5) is 12.2. The Bertz CT molecular complexity index is 915. The standard InChI is InChI=1S/C18H20N6O/c1-2-12(14-10-20-23-15(14)3-1)17-21-16-11-19-5-4-13(16)18(22-17)24-6-8-25-9-7-24/h1-3,10,19H,4-9,11H2,(H,20,23). The van der Waals surface area contributed by atoms with Gasteiger partial charge in [0, 0.05) is 36.1 Å². The van der Waals surface area contributed by atoms with E-state index in [1.807, 2.05) is 18.3 Å². The fourth-order valence-electron chi connectivity index (χ4n) is 3.66. The monoisotopic (exact) mass is 336 g/mol. The number of anilines is 1. The van der Waals surface area contributed by atoms with Crippen molar-refractivity contribution >= 4 is 16.7 Å². The zero-order chi connectivity index (χ0) is 16.6. The SMILES string of the molecule is c1cc(-c2nc3c(c(N4CCOCC4)n2)CCNC3)c2cn[nH]c2c1. The van der Waals surface area contributed by atoms with Crippen LogP contribution in [0.5, 0.6) is 0 Å². The predicted molar refractivity (Wildman–Crippen MR) is 95.6 cm³/mol. The zero-order valence-corrected chi connectivity index (χ0v) is 14.0. The van der Waals surface area contributed by atoms with E-state index in [1.54, 1.807) is 0 Å². The molecule has 0 aliphatic carbocycles. The molecule has 1 saturated heterocycles. The highest BCUT2D eigenvalue weighted by atomic mass is 16.5. The number of fused-ring (bicyclic) bond motifs is 2. The molecule has 25 heavy (non-hydrogen) atoms. The maximum absolute atomic E-state index is 5.52. The van der Waals surface area contributed by atoms with Gasteiger partial charge in [0.1, 0.15) is 5.82 Å². The average Bonchev–Trinajstić information content (AvgIpc) is 3.16. The molecule has 7 heteroatoms. The van der Waals surface area contributed by atoms with Crippen LogP contribution in [-0.2, 0) is 17.7 Å². The highest BCUT2D eigenvalue weighted by molar-refractivity contribution is 5.92. The topological polar surface area (TPSA) is 79.0 Å². The summed E-state index contributed by atoms with van der Waals surface area (Å²) >= 11 is 0. The van der Waals surface area contributed by atoms with Crippen molar-refractivity contribution in [3.05, 3.63) is 35.7 Å². The molecule has 0 radical (unpaired) electrons. The number of rotatable bonds is 2. The summed E-state index contributed by atoms with van der Waals surface area (Å²) in [5, 5.41) is 11.7. The molecule has 2 aliphatic heterocycles. The third-order valence-corrected chi connectivity index (χ3v) is 4.95. The molecular formula is C18H20N6O. The Balaban J connectivity index is 1.68. The van der Waals surface area contributed by atoms with Crippen LogP contribution in [0.15, 0.2) is 24.4 Å². The summed E-state index contributed by atoms with van der Waals surface area (Å²) in [5.41, 5.74) is 4.42. The Kier molecular flexibility index (Phi) is 3.61. The summed E-state index contributed by atoms with van der Waals surface area (Å²) in [5.74, 6) is 1.85. The molecule has 7 nitrogen and oxygen atoms in total. The van der Waals surface area contributed by atoms with E-state index in [1.165, 1.54) is 5.56 Å². The first-order chi connectivity index (χ1) is 12.4. The highest BCUT2D eigenvalue weighted by Crippen LogP contribution is 2.31. The second-order valence-electron chi connectivity index (χ2n) is 6.46.